The van der Waals surface area contributed by atoms with Crippen LogP contribution in [0.5, 0.6) is 0 Å². The number of rotatable bonds is 10. The molecule has 0 fully saturated rings. The number of carbonyl (C=O) groups excluding carboxylic acids is 3. The van der Waals surface area contributed by atoms with E-state index in [1.807, 2.05) is 6.07 Å². The van der Waals surface area contributed by atoms with Gasteiger partial charge in [-0.2, -0.15) is 0 Å². The summed E-state index contributed by atoms with van der Waals surface area (Å²) in [5.74, 6) is -0.760. The van der Waals surface area contributed by atoms with Gasteiger partial charge < -0.3 is 29.9 Å². The molecule has 0 saturated carbocycles. The summed E-state index contributed by atoms with van der Waals surface area (Å²) >= 11 is 0. The number of carbonyl (C=O) groups is 4. The first-order valence-corrected chi connectivity index (χ1v) is 13.7. The zero-order valence-corrected chi connectivity index (χ0v) is 25.2. The average Bonchev–Trinajstić information content (AvgIpc) is 3.30. The molecule has 43 heavy (non-hydrogen) atoms. The van der Waals surface area contributed by atoms with Crippen molar-refractivity contribution in [1.29, 1.82) is 0 Å². The Hall–Kier alpha value is -4.94. The Kier molecular flexibility index (Phi) is 10.5. The number of alkyl carbamates (subject to hydrolysis) is 1. The molecular weight excluding hydrogens is 556 g/mol. The molecule has 0 aliphatic carbocycles. The van der Waals surface area contributed by atoms with Gasteiger partial charge in [0.15, 0.2) is 0 Å². The lowest BCUT2D eigenvalue weighted by molar-refractivity contribution is -0.123. The quantitative estimate of drug-likeness (QED) is 0.300. The van der Waals surface area contributed by atoms with Crippen molar-refractivity contribution in [3.05, 3.63) is 70.4 Å². The van der Waals surface area contributed by atoms with Crippen molar-refractivity contribution < 1.29 is 29.0 Å². The number of benzene rings is 1. The number of hydrogen-bond donors (Lipinski definition) is 3. The number of amides is 3. The number of carboxylic acid groups (broad SMARTS) is 1. The first kappa shape index (κ1) is 32.6. The molecule has 0 aliphatic rings. The molecule has 3 N–H and O–H groups in total. The Bertz CT molecular complexity index is 1600. The van der Waals surface area contributed by atoms with Crippen molar-refractivity contribution in [1.82, 2.24) is 24.3 Å². The first-order chi connectivity index (χ1) is 20.2. The van der Waals surface area contributed by atoms with Gasteiger partial charge in [-0.3, -0.25) is 14.4 Å². The number of ether oxygens (including phenoxy) is 1. The molecule has 2 heterocycles. The van der Waals surface area contributed by atoms with Crippen LogP contribution in [0.1, 0.15) is 45.0 Å². The molecule has 0 bridgehead atoms. The minimum atomic E-state index is -1.24. The van der Waals surface area contributed by atoms with Crippen LogP contribution in [-0.2, 0) is 27.3 Å². The van der Waals surface area contributed by atoms with Gasteiger partial charge in [0.2, 0.25) is 11.8 Å². The SMILES string of the molecule is COC(=O)N[C@@H](CC/C=C/C(=O)N(C)C)C(=O)Nc1cccn(Cc2nc3c(CC(C)(C)C)cccc3n2C(=O)O)c1=O. The second-order valence-electron chi connectivity index (χ2n) is 11.4. The van der Waals surface area contributed by atoms with Crippen LogP contribution in [0.3, 0.4) is 0 Å². The Labute approximate surface area is 249 Å². The molecule has 0 unspecified atom stereocenters. The highest BCUT2D eigenvalue weighted by molar-refractivity contribution is 5.96. The number of pyridine rings is 1. The van der Waals surface area contributed by atoms with Crippen LogP contribution in [0, 0.1) is 5.41 Å². The maximum absolute atomic E-state index is 13.4. The molecule has 230 valence electrons. The lowest BCUT2D eigenvalue weighted by Gasteiger charge is -2.18. The molecule has 13 heteroatoms. The molecule has 3 aromatic rings. The normalized spacial score (nSPS) is 12.2. The number of fused-ring (bicyclic) bond motifs is 1. The van der Waals surface area contributed by atoms with Crippen molar-refractivity contribution in [2.75, 3.05) is 26.5 Å². The van der Waals surface area contributed by atoms with Crippen LogP contribution in [0.4, 0.5) is 15.3 Å². The van der Waals surface area contributed by atoms with Gasteiger partial charge in [0, 0.05) is 20.3 Å². The van der Waals surface area contributed by atoms with Crippen molar-refractivity contribution >= 4 is 40.7 Å². The van der Waals surface area contributed by atoms with Crippen LogP contribution in [0.2, 0.25) is 0 Å². The lowest BCUT2D eigenvalue weighted by atomic mass is 9.88. The van der Waals surface area contributed by atoms with Gasteiger partial charge in [-0.15, -0.1) is 0 Å². The van der Waals surface area contributed by atoms with E-state index in [0.29, 0.717) is 17.5 Å². The number of hydrogen-bond acceptors (Lipinski definition) is 7. The van der Waals surface area contributed by atoms with Crippen molar-refractivity contribution in [2.45, 2.75) is 52.6 Å². The first-order valence-electron chi connectivity index (χ1n) is 13.7. The zero-order valence-electron chi connectivity index (χ0n) is 25.2. The van der Waals surface area contributed by atoms with E-state index in [1.165, 1.54) is 33.9 Å². The number of imidazole rings is 1. The topological polar surface area (TPSA) is 165 Å². The number of nitrogens with one attached hydrogen (secondary N) is 2. The fraction of sp³-hybridized carbons (Fsp3) is 0.400. The second kappa shape index (κ2) is 13.8. The highest BCUT2D eigenvalue weighted by atomic mass is 16.5. The summed E-state index contributed by atoms with van der Waals surface area (Å²) in [4.78, 5) is 68.4. The van der Waals surface area contributed by atoms with Crippen LogP contribution >= 0.6 is 0 Å². The molecule has 13 nitrogen and oxygen atoms in total. The van der Waals surface area contributed by atoms with E-state index in [-0.39, 0.29) is 42.2 Å². The smallest absolute Gasteiger partial charge is 0.417 e. The monoisotopic (exact) mass is 594 g/mol. The van der Waals surface area contributed by atoms with Crippen molar-refractivity contribution in [2.24, 2.45) is 5.41 Å². The fourth-order valence-electron chi connectivity index (χ4n) is 4.43. The summed E-state index contributed by atoms with van der Waals surface area (Å²) in [7, 11) is 4.37. The number of aromatic nitrogens is 3. The van der Waals surface area contributed by atoms with Gasteiger partial charge in [0.25, 0.3) is 5.56 Å². The second-order valence-corrected chi connectivity index (χ2v) is 11.4. The van der Waals surface area contributed by atoms with Crippen LogP contribution in [0.25, 0.3) is 11.0 Å². The van der Waals surface area contributed by atoms with E-state index in [2.05, 4.69) is 41.1 Å². The molecule has 3 amide bonds. The van der Waals surface area contributed by atoms with Crippen molar-refractivity contribution in [3.8, 4) is 0 Å². The Balaban J connectivity index is 1.88. The highest BCUT2D eigenvalue weighted by Crippen LogP contribution is 2.27. The number of methoxy groups -OCH3 is 1. The zero-order chi connectivity index (χ0) is 31.9. The largest absolute Gasteiger partial charge is 0.464 e. The minimum Gasteiger partial charge on any atom is -0.464 e. The molecular formula is C30H38N6O7. The highest BCUT2D eigenvalue weighted by Gasteiger charge is 2.24. The van der Waals surface area contributed by atoms with E-state index in [1.54, 1.807) is 32.3 Å². The number of likely N-dealkylation sites (N-methyl/N-ethyl adjacent to an activating group) is 1. The van der Waals surface area contributed by atoms with E-state index >= 15 is 0 Å². The number of nitrogens with zero attached hydrogens (tertiary/aromatic N) is 4. The third-order valence-electron chi connectivity index (χ3n) is 6.46. The van der Waals surface area contributed by atoms with Gasteiger partial charge >= 0.3 is 12.2 Å². The van der Waals surface area contributed by atoms with Crippen LogP contribution in [0.15, 0.2) is 53.5 Å². The predicted octanol–water partition coefficient (Wildman–Crippen LogP) is 3.45. The lowest BCUT2D eigenvalue weighted by Crippen LogP contribution is -2.44. The number of anilines is 1. The third-order valence-corrected chi connectivity index (χ3v) is 6.46. The van der Waals surface area contributed by atoms with E-state index < -0.39 is 29.7 Å². The molecule has 0 radical (unpaired) electrons. The van der Waals surface area contributed by atoms with Crippen LogP contribution in [-0.4, -0.2) is 75.4 Å². The van der Waals surface area contributed by atoms with Gasteiger partial charge in [-0.05, 0) is 54.5 Å². The van der Waals surface area contributed by atoms with Gasteiger partial charge in [-0.25, -0.2) is 19.1 Å². The summed E-state index contributed by atoms with van der Waals surface area (Å²) in [5.41, 5.74) is 1.12. The van der Waals surface area contributed by atoms with Gasteiger partial charge in [0.05, 0.1) is 24.7 Å². The summed E-state index contributed by atoms with van der Waals surface area (Å²) in [6.07, 6.45) is 3.42. The number of allylic oxidation sites excluding steroid dienone is 1. The van der Waals surface area contributed by atoms with Crippen molar-refractivity contribution in [3.63, 3.8) is 0 Å². The third kappa shape index (κ3) is 8.53. The minimum absolute atomic E-state index is 0.0640. The summed E-state index contributed by atoms with van der Waals surface area (Å²) in [6, 6.07) is 7.24. The maximum Gasteiger partial charge on any atom is 0.417 e. The van der Waals surface area contributed by atoms with E-state index in [0.717, 1.165) is 17.2 Å². The average molecular weight is 595 g/mol. The molecule has 2 aromatic heterocycles. The fourth-order valence-corrected chi connectivity index (χ4v) is 4.43. The molecule has 1 aromatic carbocycles. The summed E-state index contributed by atoms with van der Waals surface area (Å²) in [5, 5.41) is 15.0. The van der Waals surface area contributed by atoms with E-state index in [4.69, 9.17) is 0 Å². The van der Waals surface area contributed by atoms with Gasteiger partial charge in [0.1, 0.15) is 17.6 Å². The van der Waals surface area contributed by atoms with E-state index in [9.17, 15) is 29.1 Å². The molecule has 0 saturated heterocycles. The Morgan fingerprint density at radius 2 is 1.86 bits per heavy atom. The molecule has 1 atom stereocenters. The van der Waals surface area contributed by atoms with Crippen LogP contribution < -0.4 is 16.2 Å². The summed E-state index contributed by atoms with van der Waals surface area (Å²) < 4.78 is 6.93. The molecule has 3 rings (SSSR count). The predicted molar refractivity (Wildman–Crippen MR) is 161 cm³/mol. The Morgan fingerprint density at radius 3 is 2.49 bits per heavy atom. The molecule has 0 spiro atoms. The van der Waals surface area contributed by atoms with Gasteiger partial charge in [-0.1, -0.05) is 39.0 Å². The Morgan fingerprint density at radius 1 is 1.14 bits per heavy atom. The standard InChI is InChI=1S/C30H38N6O7/c1-30(2,3)17-19-11-9-14-22-25(19)33-23(36(22)29(41)42)18-35-16-10-13-21(27(35)39)31-26(38)20(32-28(40)43-6)12-7-8-15-24(37)34(4)5/h8-11,13-16,20H,7,12,17-18H2,1-6H3,(H,31,38)(H,32,40)(H,41,42)/b15-8+/t20-/m0/s1. The maximum atomic E-state index is 13.4. The number of para-hydroxylation sites is 1. The summed E-state index contributed by atoms with van der Waals surface area (Å²) in [6.45, 7) is 6.06. The molecule has 0 aliphatic heterocycles.